The molecule has 0 aliphatic heterocycles. The summed E-state index contributed by atoms with van der Waals surface area (Å²) in [6.07, 6.45) is 4.39. The second kappa shape index (κ2) is 6.55. The first kappa shape index (κ1) is 11.2. The van der Waals surface area contributed by atoms with Gasteiger partial charge in [-0.25, -0.2) is 0 Å². The van der Waals surface area contributed by atoms with Gasteiger partial charge in [-0.05, 0) is 37.4 Å². The first-order chi connectivity index (χ1) is 6.79. The molecule has 0 spiro atoms. The number of hydrogen-bond acceptors (Lipinski definition) is 2. The molecule has 78 valence electrons. The molecule has 1 rings (SSSR count). The first-order valence-corrected chi connectivity index (χ1v) is 5.39. The summed E-state index contributed by atoms with van der Waals surface area (Å²) in [5.41, 5.74) is 1.12. The molecular formula is C12H20N2. The van der Waals surface area contributed by atoms with Crippen LogP contribution in [0.1, 0.15) is 32.4 Å². The lowest BCUT2D eigenvalue weighted by atomic mass is 10.1. The van der Waals surface area contributed by atoms with Crippen LogP contribution >= 0.6 is 0 Å². The van der Waals surface area contributed by atoms with E-state index in [0.29, 0.717) is 0 Å². The predicted molar refractivity (Wildman–Crippen MR) is 60.0 cm³/mol. The fraction of sp³-hybridized carbons (Fsp3) is 0.583. The lowest BCUT2D eigenvalue weighted by Gasteiger charge is -2.05. The highest BCUT2D eigenvalue weighted by Crippen LogP contribution is 2.02. The number of hydrogen-bond donors (Lipinski definition) is 1. The molecular weight excluding hydrogens is 172 g/mol. The molecule has 0 unspecified atom stereocenters. The molecule has 0 aromatic carbocycles. The average Bonchev–Trinajstić information content (AvgIpc) is 2.18. The standard InChI is InChI=1S/C12H20N2/c1-11(2)6-5-8-13-10-12-7-3-4-9-14-12/h3-4,7,9,11,13H,5-6,8,10H2,1-2H3. The third kappa shape index (κ3) is 4.97. The highest BCUT2D eigenvalue weighted by Gasteiger charge is 1.94. The van der Waals surface area contributed by atoms with Gasteiger partial charge in [0, 0.05) is 12.7 Å². The maximum atomic E-state index is 4.25. The molecule has 0 aliphatic carbocycles. The smallest absolute Gasteiger partial charge is 0.0541 e. The third-order valence-electron chi connectivity index (χ3n) is 2.17. The highest BCUT2D eigenvalue weighted by atomic mass is 14.9. The van der Waals surface area contributed by atoms with Gasteiger partial charge in [0.1, 0.15) is 0 Å². The summed E-state index contributed by atoms with van der Waals surface area (Å²) in [4.78, 5) is 4.25. The Kier molecular flexibility index (Phi) is 5.23. The summed E-state index contributed by atoms with van der Waals surface area (Å²) in [5, 5.41) is 3.39. The zero-order valence-electron chi connectivity index (χ0n) is 9.16. The molecule has 2 nitrogen and oxygen atoms in total. The van der Waals surface area contributed by atoms with Crippen LogP contribution in [0.15, 0.2) is 24.4 Å². The van der Waals surface area contributed by atoms with E-state index in [-0.39, 0.29) is 0 Å². The van der Waals surface area contributed by atoms with Crippen LogP contribution in [0, 0.1) is 5.92 Å². The molecule has 1 aromatic heterocycles. The number of nitrogens with one attached hydrogen (secondary N) is 1. The number of aromatic nitrogens is 1. The van der Waals surface area contributed by atoms with Crippen molar-refractivity contribution in [1.82, 2.24) is 10.3 Å². The summed E-state index contributed by atoms with van der Waals surface area (Å²) in [6, 6.07) is 6.02. The van der Waals surface area contributed by atoms with Crippen LogP contribution < -0.4 is 5.32 Å². The van der Waals surface area contributed by atoms with E-state index in [2.05, 4.69) is 30.2 Å². The van der Waals surface area contributed by atoms with Gasteiger partial charge in [0.05, 0.1) is 5.69 Å². The maximum absolute atomic E-state index is 4.25. The van der Waals surface area contributed by atoms with Crippen molar-refractivity contribution >= 4 is 0 Å². The first-order valence-electron chi connectivity index (χ1n) is 5.39. The van der Waals surface area contributed by atoms with Crippen LogP contribution in [0.25, 0.3) is 0 Å². The Morgan fingerprint density at radius 3 is 2.86 bits per heavy atom. The monoisotopic (exact) mass is 192 g/mol. The van der Waals surface area contributed by atoms with E-state index in [1.165, 1.54) is 12.8 Å². The van der Waals surface area contributed by atoms with E-state index in [4.69, 9.17) is 0 Å². The van der Waals surface area contributed by atoms with Gasteiger partial charge in [0.2, 0.25) is 0 Å². The van der Waals surface area contributed by atoms with E-state index >= 15 is 0 Å². The molecule has 0 fully saturated rings. The van der Waals surface area contributed by atoms with Crippen molar-refractivity contribution < 1.29 is 0 Å². The summed E-state index contributed by atoms with van der Waals surface area (Å²) in [6.45, 7) is 6.51. The van der Waals surface area contributed by atoms with Gasteiger partial charge in [-0.15, -0.1) is 0 Å². The van der Waals surface area contributed by atoms with Crippen molar-refractivity contribution in [2.45, 2.75) is 33.2 Å². The quantitative estimate of drug-likeness (QED) is 0.701. The summed E-state index contributed by atoms with van der Waals surface area (Å²) >= 11 is 0. The predicted octanol–water partition coefficient (Wildman–Crippen LogP) is 2.61. The van der Waals surface area contributed by atoms with Gasteiger partial charge in [-0.3, -0.25) is 4.98 Å². The second-order valence-corrected chi connectivity index (χ2v) is 4.03. The van der Waals surface area contributed by atoms with E-state index in [1.54, 1.807) is 0 Å². The maximum Gasteiger partial charge on any atom is 0.0541 e. The molecule has 2 heteroatoms. The Morgan fingerprint density at radius 1 is 1.36 bits per heavy atom. The molecule has 0 radical (unpaired) electrons. The van der Waals surface area contributed by atoms with Crippen molar-refractivity contribution in [1.29, 1.82) is 0 Å². The average molecular weight is 192 g/mol. The third-order valence-corrected chi connectivity index (χ3v) is 2.17. The van der Waals surface area contributed by atoms with Gasteiger partial charge >= 0.3 is 0 Å². The minimum atomic E-state index is 0.812. The summed E-state index contributed by atoms with van der Waals surface area (Å²) in [5.74, 6) is 0.812. The van der Waals surface area contributed by atoms with Crippen molar-refractivity contribution in [2.75, 3.05) is 6.54 Å². The molecule has 0 aliphatic rings. The van der Waals surface area contributed by atoms with Gasteiger partial charge in [0.15, 0.2) is 0 Å². The molecule has 0 bridgehead atoms. The van der Waals surface area contributed by atoms with Crippen molar-refractivity contribution in [3.8, 4) is 0 Å². The molecule has 1 heterocycles. The molecule has 14 heavy (non-hydrogen) atoms. The molecule has 0 atom stereocenters. The summed E-state index contributed by atoms with van der Waals surface area (Å²) < 4.78 is 0. The van der Waals surface area contributed by atoms with Crippen molar-refractivity contribution in [3.63, 3.8) is 0 Å². The van der Waals surface area contributed by atoms with Crippen molar-refractivity contribution in [2.24, 2.45) is 5.92 Å². The minimum Gasteiger partial charge on any atom is -0.311 e. The molecule has 0 amide bonds. The topological polar surface area (TPSA) is 24.9 Å². The lowest BCUT2D eigenvalue weighted by Crippen LogP contribution is -2.15. The van der Waals surface area contributed by atoms with Crippen LogP contribution in [0.4, 0.5) is 0 Å². The van der Waals surface area contributed by atoms with Gasteiger partial charge in [0.25, 0.3) is 0 Å². The zero-order valence-corrected chi connectivity index (χ0v) is 9.16. The van der Waals surface area contributed by atoms with Gasteiger partial charge < -0.3 is 5.32 Å². The van der Waals surface area contributed by atoms with Crippen LogP contribution in [-0.2, 0) is 6.54 Å². The zero-order chi connectivity index (χ0) is 10.2. The normalized spacial score (nSPS) is 10.8. The Labute approximate surface area is 86.8 Å². The van der Waals surface area contributed by atoms with Crippen LogP contribution in [0.3, 0.4) is 0 Å². The van der Waals surface area contributed by atoms with Crippen LogP contribution in [0.2, 0.25) is 0 Å². The molecule has 0 saturated carbocycles. The largest absolute Gasteiger partial charge is 0.311 e. The van der Waals surface area contributed by atoms with Crippen molar-refractivity contribution in [3.05, 3.63) is 30.1 Å². The number of pyridine rings is 1. The summed E-state index contributed by atoms with van der Waals surface area (Å²) in [7, 11) is 0. The Balaban J connectivity index is 2.05. The Bertz CT molecular complexity index is 231. The van der Waals surface area contributed by atoms with Crippen LogP contribution in [-0.4, -0.2) is 11.5 Å². The van der Waals surface area contributed by atoms with Crippen LogP contribution in [0.5, 0.6) is 0 Å². The molecule has 1 N–H and O–H groups in total. The van der Waals surface area contributed by atoms with E-state index in [0.717, 1.165) is 24.7 Å². The minimum absolute atomic E-state index is 0.812. The SMILES string of the molecule is CC(C)CCCNCc1ccccn1. The molecule has 0 saturated heterocycles. The molecule has 1 aromatic rings. The second-order valence-electron chi connectivity index (χ2n) is 4.03. The highest BCUT2D eigenvalue weighted by molar-refractivity contribution is 5.02. The number of rotatable bonds is 6. The van der Waals surface area contributed by atoms with E-state index in [1.807, 2.05) is 18.3 Å². The van der Waals surface area contributed by atoms with Gasteiger partial charge in [-0.1, -0.05) is 19.9 Å². The Morgan fingerprint density at radius 2 is 2.21 bits per heavy atom. The fourth-order valence-electron chi connectivity index (χ4n) is 1.35. The van der Waals surface area contributed by atoms with E-state index < -0.39 is 0 Å². The lowest BCUT2D eigenvalue weighted by molar-refractivity contribution is 0.526. The van der Waals surface area contributed by atoms with E-state index in [9.17, 15) is 0 Å². The fourth-order valence-corrected chi connectivity index (χ4v) is 1.35. The Hall–Kier alpha value is -0.890. The number of nitrogens with zero attached hydrogens (tertiary/aromatic N) is 1. The van der Waals surface area contributed by atoms with Gasteiger partial charge in [-0.2, -0.15) is 0 Å².